The summed E-state index contributed by atoms with van der Waals surface area (Å²) in [5, 5.41) is 11.6. The largest absolute Gasteiger partial charge is 0.489 e. The van der Waals surface area contributed by atoms with Crippen LogP contribution in [-0.4, -0.2) is 98.1 Å². The number of benzene rings is 8. The third-order valence-electron chi connectivity index (χ3n) is 18.5. The van der Waals surface area contributed by atoms with E-state index in [0.717, 1.165) is 99.8 Å². The average molecular weight is 1520 g/mol. The van der Waals surface area contributed by atoms with Gasteiger partial charge < -0.3 is 76.9 Å². The van der Waals surface area contributed by atoms with Crippen LogP contribution in [0.5, 0.6) is 17.2 Å². The number of alkyl carbamates (subject to hydrolysis) is 1. The third-order valence-corrected chi connectivity index (χ3v) is 18.5. The van der Waals surface area contributed by atoms with E-state index in [1.807, 2.05) is 180 Å². The fraction of sp³-hybridized carbons (Fsp3) is 0.287. The number of primary amides is 3. The molecule has 6 amide bonds. The number of carbonyl (C=O) groups excluding carboxylic acids is 8. The van der Waals surface area contributed by atoms with E-state index in [-0.39, 0.29) is 75.4 Å². The number of carbonyl (C=O) groups is 8. The van der Waals surface area contributed by atoms with Crippen LogP contribution in [0, 0.1) is 0 Å². The van der Waals surface area contributed by atoms with Crippen LogP contribution in [0.3, 0.4) is 0 Å². The van der Waals surface area contributed by atoms with Crippen molar-refractivity contribution in [3.05, 3.63) is 239 Å². The Morgan fingerprint density at radius 1 is 0.527 bits per heavy atom. The van der Waals surface area contributed by atoms with Crippen LogP contribution in [0.2, 0.25) is 0 Å². The van der Waals surface area contributed by atoms with Gasteiger partial charge in [-0.15, -0.1) is 0 Å². The molecule has 0 radical (unpaired) electrons. The van der Waals surface area contributed by atoms with E-state index < -0.39 is 58.7 Å². The van der Waals surface area contributed by atoms with Crippen molar-refractivity contribution in [3.63, 3.8) is 0 Å². The Hall–Kier alpha value is -12.9. The van der Waals surface area contributed by atoms with E-state index in [1.54, 1.807) is 62.5 Å². The highest BCUT2D eigenvalue weighted by Gasteiger charge is 2.45. The zero-order valence-corrected chi connectivity index (χ0v) is 64.0. The first kappa shape index (κ1) is 80.1. The van der Waals surface area contributed by atoms with Crippen molar-refractivity contribution in [2.24, 2.45) is 17.2 Å². The molecule has 14 N–H and O–H groups in total. The summed E-state index contributed by atoms with van der Waals surface area (Å²) in [6, 6.07) is 53.8. The number of nitrogens with two attached hydrogens (primary N) is 4. The third kappa shape index (κ3) is 21.5. The van der Waals surface area contributed by atoms with E-state index in [1.165, 1.54) is 0 Å². The lowest BCUT2D eigenvalue weighted by molar-refractivity contribution is -0.156. The number of aromatic amines is 3. The number of hydrogen-bond donors (Lipinski definition) is 10. The first-order chi connectivity index (χ1) is 53.4. The highest BCUT2D eigenvalue weighted by molar-refractivity contribution is 6.01. The lowest BCUT2D eigenvalue weighted by Crippen LogP contribution is -2.47. The van der Waals surface area contributed by atoms with E-state index in [4.69, 9.17) is 51.4 Å². The molecule has 3 aromatic heterocycles. The molecule has 1 aliphatic carbocycles. The van der Waals surface area contributed by atoms with Gasteiger partial charge in [-0.3, -0.25) is 43.8 Å². The Bertz CT molecular complexity index is 5230. The molecular weight excluding hydrogens is 1420 g/mol. The molecule has 13 rings (SSSR count). The molecule has 25 nitrogen and oxygen atoms in total. The Balaban J connectivity index is 0.000000180. The summed E-state index contributed by atoms with van der Waals surface area (Å²) in [5.41, 5.74) is 34.0. The summed E-state index contributed by atoms with van der Waals surface area (Å²) in [7, 11) is 0. The second-order valence-corrected chi connectivity index (χ2v) is 30.2. The topological polar surface area (TPSA) is 383 Å². The molecule has 1 aliphatic heterocycles. The fourth-order valence-corrected chi connectivity index (χ4v) is 13.7. The minimum absolute atomic E-state index is 0.00683. The SMILES string of the molecule is CC(C)(C)OC(=O)CC[C@@H]1NC(C)(C)N(c2cccc(COc3ccc4[nH]cc(CC(N)=O)c4c3)c2)C1=O.CC(C)(C)OC(=O)CC[C@H](NC(=O)OCC1c2ccccc2-c2ccccc21)C(=O)Nc1cccc(COc2ccc3[nH]cc(CC(N)=O)c3c2)c1.NC(=O)Cc1c[nH]c2ccc(OCc3cccc(N)c3)cc12. The monoisotopic (exact) mass is 1520 g/mol. The van der Waals surface area contributed by atoms with Gasteiger partial charge in [0.05, 0.1) is 31.0 Å². The van der Waals surface area contributed by atoms with E-state index in [0.29, 0.717) is 42.5 Å². The summed E-state index contributed by atoms with van der Waals surface area (Å²) in [4.78, 5) is 110. The fourth-order valence-electron chi connectivity index (χ4n) is 13.7. The van der Waals surface area contributed by atoms with Gasteiger partial charge in [0.25, 0.3) is 0 Å². The molecule has 1 saturated heterocycles. The average Bonchev–Trinajstić information content (AvgIpc) is 1.62. The number of ether oxygens (including phenoxy) is 6. The number of aromatic nitrogens is 3. The molecule has 4 heterocycles. The predicted octanol–water partition coefficient (Wildman–Crippen LogP) is 13.0. The molecule has 112 heavy (non-hydrogen) atoms. The van der Waals surface area contributed by atoms with Gasteiger partial charge in [-0.1, -0.05) is 84.9 Å². The number of nitrogens with zero attached hydrogens (tertiary/aromatic N) is 1. The van der Waals surface area contributed by atoms with Crippen LogP contribution in [0.1, 0.15) is 131 Å². The number of esters is 2. The van der Waals surface area contributed by atoms with Crippen LogP contribution < -0.4 is 58.0 Å². The van der Waals surface area contributed by atoms with Crippen LogP contribution in [0.25, 0.3) is 43.8 Å². The van der Waals surface area contributed by atoms with Gasteiger partial charge in [0, 0.05) is 87.1 Å². The van der Waals surface area contributed by atoms with Crippen molar-refractivity contribution in [2.75, 3.05) is 22.6 Å². The van der Waals surface area contributed by atoms with Crippen molar-refractivity contribution >= 4 is 97.3 Å². The zero-order valence-electron chi connectivity index (χ0n) is 64.0. The van der Waals surface area contributed by atoms with E-state index in [2.05, 4.69) is 43.0 Å². The molecule has 25 heteroatoms. The number of rotatable bonds is 27. The predicted molar refractivity (Wildman–Crippen MR) is 430 cm³/mol. The summed E-state index contributed by atoms with van der Waals surface area (Å²) in [5.74, 6) is -0.739. The van der Waals surface area contributed by atoms with Crippen LogP contribution in [0.4, 0.5) is 21.9 Å². The number of H-pyrrole nitrogens is 3. The minimum atomic E-state index is -1.09. The van der Waals surface area contributed by atoms with E-state index in [9.17, 15) is 38.4 Å². The van der Waals surface area contributed by atoms with Crippen molar-refractivity contribution < 1.29 is 66.8 Å². The number of hydrogen-bond acceptors (Lipinski definition) is 16. The molecule has 582 valence electrons. The van der Waals surface area contributed by atoms with Crippen molar-refractivity contribution in [1.82, 2.24) is 25.6 Å². The molecule has 1 fully saturated rings. The maximum atomic E-state index is 13.6. The highest BCUT2D eigenvalue weighted by atomic mass is 16.6. The summed E-state index contributed by atoms with van der Waals surface area (Å²) < 4.78 is 34.4. The maximum absolute atomic E-state index is 13.6. The Morgan fingerprint density at radius 2 is 0.973 bits per heavy atom. The maximum Gasteiger partial charge on any atom is 0.407 e. The standard InChI is InChI=1S/C41H42N4O7.C29H36N4O5.C17H17N3O2/c1-41(2,3)52-38(47)18-17-36(45-40(49)51-24-34-31-13-6-4-11-29(31)30-12-5-7-14-32(30)34)39(48)44-27-10-8-9-25(19-27)23-50-28-15-16-35-33(21-28)26(22-43-35)20-37(42)46;1-28(2,3)38-26(35)12-11-24-27(36)33(29(4,5)32-24)20-8-6-7-18(13-20)17-37-21-9-10-23-22(15-21)19(16-31-23)14-25(30)34;18-13-3-1-2-11(6-13)10-22-14-4-5-16-15(8-14)12(9-20-16)7-17(19)21/h4-16,19,21-22,34,36,43H,17-18,20,23-24H2,1-3H3,(H2,42,46)(H,44,48)(H,45,49);6-10,13,15-16,24,31-32H,11-12,14,17H2,1-5H3,(H2,30,34);1-6,8-9,20H,7,10,18H2,(H2,19,21)/t36-;24-;/m00./s1. The molecule has 0 spiro atoms. The smallest absolute Gasteiger partial charge is 0.407 e. The van der Waals surface area contributed by atoms with Gasteiger partial charge >= 0.3 is 18.0 Å². The number of anilines is 3. The van der Waals surface area contributed by atoms with Gasteiger partial charge in [0.1, 0.15) is 60.9 Å². The quantitative estimate of drug-likeness (QED) is 0.0130. The molecule has 2 aliphatic rings. The van der Waals surface area contributed by atoms with Gasteiger partial charge in [0.2, 0.25) is 29.5 Å². The number of amides is 6. The molecule has 0 unspecified atom stereocenters. The van der Waals surface area contributed by atoms with Gasteiger partial charge in [-0.25, -0.2) is 4.79 Å². The van der Waals surface area contributed by atoms with Crippen molar-refractivity contribution in [1.29, 1.82) is 0 Å². The van der Waals surface area contributed by atoms with Gasteiger partial charge in [-0.05, 0) is 215 Å². The van der Waals surface area contributed by atoms with E-state index >= 15 is 0 Å². The Labute approximate surface area is 648 Å². The number of nitrogens with one attached hydrogen (secondary N) is 6. The zero-order chi connectivity index (χ0) is 80.0. The second-order valence-electron chi connectivity index (χ2n) is 30.2. The molecule has 11 aromatic rings. The summed E-state index contributed by atoms with van der Waals surface area (Å²) in [6.45, 7) is 15.7. The molecule has 0 saturated carbocycles. The minimum Gasteiger partial charge on any atom is -0.489 e. The van der Waals surface area contributed by atoms with Crippen LogP contribution in [0.15, 0.2) is 195 Å². The van der Waals surface area contributed by atoms with Crippen LogP contribution in [-0.2, 0) is 86.9 Å². The Kier molecular flexibility index (Phi) is 25.2. The summed E-state index contributed by atoms with van der Waals surface area (Å²) >= 11 is 0. The number of nitrogen functional groups attached to an aromatic ring is 1. The molecule has 8 aromatic carbocycles. The van der Waals surface area contributed by atoms with Crippen molar-refractivity contribution in [3.8, 4) is 28.4 Å². The highest BCUT2D eigenvalue weighted by Crippen LogP contribution is 2.45. The van der Waals surface area contributed by atoms with Crippen molar-refractivity contribution in [2.45, 2.75) is 155 Å². The van der Waals surface area contributed by atoms with Crippen LogP contribution >= 0.6 is 0 Å². The molecule has 2 atom stereocenters. The number of fused-ring (bicyclic) bond motifs is 6. The van der Waals surface area contributed by atoms with Gasteiger partial charge in [-0.2, -0.15) is 0 Å². The first-order valence-corrected chi connectivity index (χ1v) is 36.9. The lowest BCUT2D eigenvalue weighted by Gasteiger charge is -2.31. The lowest BCUT2D eigenvalue weighted by atomic mass is 9.98. The second kappa shape index (κ2) is 35.2. The summed E-state index contributed by atoms with van der Waals surface area (Å²) in [6.07, 6.45) is 5.45. The first-order valence-electron chi connectivity index (χ1n) is 36.9. The molecular formula is C87H95N11O14. The Morgan fingerprint density at radius 3 is 1.45 bits per heavy atom. The van der Waals surface area contributed by atoms with Gasteiger partial charge in [0.15, 0.2) is 0 Å². The normalized spacial score (nSPS) is 13.8. The molecule has 0 bridgehead atoms.